The van der Waals surface area contributed by atoms with Gasteiger partial charge in [-0.1, -0.05) is 11.2 Å². The lowest BCUT2D eigenvalue weighted by atomic mass is 10.1. The minimum Gasteiger partial charge on any atom is -0.460 e. The number of nitrogens with zero attached hydrogens (tertiary/aromatic N) is 1. The van der Waals surface area contributed by atoms with Gasteiger partial charge in [-0.3, -0.25) is 0 Å². The molecule has 0 saturated heterocycles. The first kappa shape index (κ1) is 9.71. The Kier molecular flexibility index (Phi) is 2.41. The number of ether oxygens (including phenoxy) is 1. The molecule has 1 heterocycles. The van der Waals surface area contributed by atoms with Crippen LogP contribution in [-0.4, -0.2) is 17.7 Å². The molecular weight excluding hydrogens is 194 g/mol. The molecule has 78 valence electrons. The Hall–Kier alpha value is -1.84. The molecule has 0 aliphatic heterocycles. The van der Waals surface area contributed by atoms with E-state index < -0.39 is 5.97 Å². The molecule has 0 amide bonds. The molecule has 0 spiro atoms. The highest BCUT2D eigenvalue weighted by atomic mass is 16.6. The van der Waals surface area contributed by atoms with E-state index in [1.165, 1.54) is 0 Å². The molecule has 0 atom stereocenters. The summed E-state index contributed by atoms with van der Waals surface area (Å²) in [5, 5.41) is 4.50. The lowest BCUT2D eigenvalue weighted by molar-refractivity contribution is 0.0483. The number of rotatable bonds is 2. The molecule has 0 aliphatic carbocycles. The monoisotopic (exact) mass is 205 g/mol. The zero-order chi connectivity index (χ0) is 10.8. The van der Waals surface area contributed by atoms with Crippen molar-refractivity contribution in [3.8, 4) is 0 Å². The summed E-state index contributed by atoms with van der Waals surface area (Å²) >= 11 is 0. The Morgan fingerprint density at radius 1 is 1.53 bits per heavy atom. The number of carbonyl (C=O) groups is 1. The van der Waals surface area contributed by atoms with Crippen molar-refractivity contribution < 1.29 is 14.1 Å². The molecule has 2 rings (SSSR count). The number of carbonyl (C=O) groups excluding carboxylic acids is 1. The predicted molar refractivity (Wildman–Crippen MR) is 54.7 cm³/mol. The quantitative estimate of drug-likeness (QED) is 0.706. The molecule has 0 saturated carbocycles. The van der Waals surface area contributed by atoms with Crippen LogP contribution in [0.2, 0.25) is 0 Å². The van der Waals surface area contributed by atoms with Crippen LogP contribution in [-0.2, 0) is 4.74 Å². The summed E-state index contributed by atoms with van der Waals surface area (Å²) in [4.78, 5) is 11.4. The fourth-order valence-corrected chi connectivity index (χ4v) is 1.40. The van der Waals surface area contributed by atoms with Crippen LogP contribution >= 0.6 is 0 Å². The van der Waals surface area contributed by atoms with Crippen LogP contribution in [0, 0.1) is 6.92 Å². The SMILES string of the molecule is CCOC(=O)c1onc2cc(C)ccc12. The summed E-state index contributed by atoms with van der Waals surface area (Å²) in [6, 6.07) is 5.58. The van der Waals surface area contributed by atoms with Crippen molar-refractivity contribution in [1.82, 2.24) is 5.16 Å². The van der Waals surface area contributed by atoms with Gasteiger partial charge < -0.3 is 9.26 Å². The Morgan fingerprint density at radius 3 is 3.07 bits per heavy atom. The standard InChI is InChI=1S/C11H11NO3/c1-3-14-11(13)10-8-5-4-7(2)6-9(8)12-15-10/h4-6H,3H2,1-2H3. The Labute approximate surface area is 86.8 Å². The number of fused-ring (bicyclic) bond motifs is 1. The van der Waals surface area contributed by atoms with Gasteiger partial charge in [-0.05, 0) is 31.5 Å². The molecule has 0 fully saturated rings. The average Bonchev–Trinajstić information content (AvgIpc) is 2.60. The highest BCUT2D eigenvalue weighted by molar-refractivity contribution is 6.00. The molecular formula is C11H11NO3. The lowest BCUT2D eigenvalue weighted by Gasteiger charge is -1.96. The van der Waals surface area contributed by atoms with Gasteiger partial charge in [0.05, 0.1) is 12.0 Å². The van der Waals surface area contributed by atoms with Crippen LogP contribution in [0.1, 0.15) is 23.0 Å². The number of benzene rings is 1. The van der Waals surface area contributed by atoms with Crippen LogP contribution in [0.3, 0.4) is 0 Å². The van der Waals surface area contributed by atoms with Crippen LogP contribution in [0.25, 0.3) is 10.9 Å². The summed E-state index contributed by atoms with van der Waals surface area (Å²) in [6.45, 7) is 4.03. The topological polar surface area (TPSA) is 52.3 Å². The third kappa shape index (κ3) is 1.70. The van der Waals surface area contributed by atoms with Crippen molar-refractivity contribution in [2.75, 3.05) is 6.61 Å². The number of hydrogen-bond acceptors (Lipinski definition) is 4. The second kappa shape index (κ2) is 3.73. The highest BCUT2D eigenvalue weighted by Crippen LogP contribution is 2.20. The molecule has 0 unspecified atom stereocenters. The van der Waals surface area contributed by atoms with Crippen molar-refractivity contribution >= 4 is 16.9 Å². The molecule has 0 aliphatic rings. The molecule has 2 aromatic rings. The molecule has 0 bridgehead atoms. The zero-order valence-corrected chi connectivity index (χ0v) is 8.61. The fraction of sp³-hybridized carbons (Fsp3) is 0.273. The lowest BCUT2D eigenvalue weighted by Crippen LogP contribution is -2.03. The maximum absolute atomic E-state index is 11.4. The van der Waals surface area contributed by atoms with E-state index in [9.17, 15) is 4.79 Å². The van der Waals surface area contributed by atoms with Crippen LogP contribution in [0.5, 0.6) is 0 Å². The number of aryl methyl sites for hydroxylation is 1. The van der Waals surface area contributed by atoms with Crippen molar-refractivity contribution in [2.24, 2.45) is 0 Å². The predicted octanol–water partition coefficient (Wildman–Crippen LogP) is 2.31. The normalized spacial score (nSPS) is 10.5. The fourth-order valence-electron chi connectivity index (χ4n) is 1.40. The maximum Gasteiger partial charge on any atom is 0.377 e. The Balaban J connectivity index is 2.49. The van der Waals surface area contributed by atoms with Gasteiger partial charge in [0.1, 0.15) is 5.52 Å². The van der Waals surface area contributed by atoms with E-state index in [1.54, 1.807) is 6.92 Å². The Bertz CT molecular complexity index is 502. The molecule has 0 N–H and O–H groups in total. The second-order valence-electron chi connectivity index (χ2n) is 3.25. The van der Waals surface area contributed by atoms with Gasteiger partial charge in [0, 0.05) is 0 Å². The van der Waals surface area contributed by atoms with E-state index in [2.05, 4.69) is 5.16 Å². The molecule has 1 aromatic carbocycles. The average molecular weight is 205 g/mol. The summed E-state index contributed by atoms with van der Waals surface area (Å²) < 4.78 is 9.81. The second-order valence-corrected chi connectivity index (χ2v) is 3.25. The van der Waals surface area contributed by atoms with Gasteiger partial charge in [-0.2, -0.15) is 0 Å². The van der Waals surface area contributed by atoms with Gasteiger partial charge in [0.2, 0.25) is 0 Å². The van der Waals surface area contributed by atoms with Crippen LogP contribution < -0.4 is 0 Å². The molecule has 0 radical (unpaired) electrons. The van der Waals surface area contributed by atoms with E-state index in [1.807, 2.05) is 25.1 Å². The van der Waals surface area contributed by atoms with Gasteiger partial charge >= 0.3 is 5.97 Å². The minimum absolute atomic E-state index is 0.173. The summed E-state index contributed by atoms with van der Waals surface area (Å²) in [5.41, 5.74) is 1.75. The number of esters is 1. The molecule has 4 nitrogen and oxygen atoms in total. The Morgan fingerprint density at radius 2 is 2.33 bits per heavy atom. The number of hydrogen-bond donors (Lipinski definition) is 0. The van der Waals surface area contributed by atoms with Gasteiger partial charge in [-0.25, -0.2) is 4.79 Å². The van der Waals surface area contributed by atoms with Gasteiger partial charge in [-0.15, -0.1) is 0 Å². The molecule has 4 heteroatoms. The van der Waals surface area contributed by atoms with E-state index in [4.69, 9.17) is 9.26 Å². The third-order valence-electron chi connectivity index (χ3n) is 2.09. The van der Waals surface area contributed by atoms with E-state index in [-0.39, 0.29) is 5.76 Å². The maximum atomic E-state index is 11.4. The van der Waals surface area contributed by atoms with E-state index >= 15 is 0 Å². The number of aromatic nitrogens is 1. The van der Waals surface area contributed by atoms with Crippen molar-refractivity contribution in [2.45, 2.75) is 13.8 Å². The van der Waals surface area contributed by atoms with E-state index in [0.29, 0.717) is 17.5 Å². The smallest absolute Gasteiger partial charge is 0.377 e. The summed E-state index contributed by atoms with van der Waals surface area (Å²) in [5.74, 6) is -0.296. The summed E-state index contributed by atoms with van der Waals surface area (Å²) in [7, 11) is 0. The third-order valence-corrected chi connectivity index (χ3v) is 2.09. The van der Waals surface area contributed by atoms with Crippen molar-refractivity contribution in [3.63, 3.8) is 0 Å². The van der Waals surface area contributed by atoms with Crippen molar-refractivity contribution in [3.05, 3.63) is 29.5 Å². The first-order valence-corrected chi connectivity index (χ1v) is 4.75. The zero-order valence-electron chi connectivity index (χ0n) is 8.61. The van der Waals surface area contributed by atoms with Gasteiger partial charge in [0.25, 0.3) is 5.76 Å². The van der Waals surface area contributed by atoms with Crippen LogP contribution in [0.15, 0.2) is 22.7 Å². The van der Waals surface area contributed by atoms with Crippen LogP contribution in [0.4, 0.5) is 0 Å². The molecule has 1 aromatic heterocycles. The van der Waals surface area contributed by atoms with E-state index in [0.717, 1.165) is 5.56 Å². The minimum atomic E-state index is -0.469. The first-order valence-electron chi connectivity index (χ1n) is 4.75. The first-order chi connectivity index (χ1) is 7.22. The van der Waals surface area contributed by atoms with Gasteiger partial charge in [0.15, 0.2) is 0 Å². The largest absolute Gasteiger partial charge is 0.460 e. The summed E-state index contributed by atoms with van der Waals surface area (Å²) in [6.07, 6.45) is 0. The highest BCUT2D eigenvalue weighted by Gasteiger charge is 2.17. The van der Waals surface area contributed by atoms with Crippen molar-refractivity contribution in [1.29, 1.82) is 0 Å². The molecule has 15 heavy (non-hydrogen) atoms.